The summed E-state index contributed by atoms with van der Waals surface area (Å²) in [6, 6.07) is -0.0124. The Balaban J connectivity index is 2.10. The van der Waals surface area contributed by atoms with Gasteiger partial charge < -0.3 is 20.3 Å². The third kappa shape index (κ3) is 3.92. The Morgan fingerprint density at radius 1 is 1.43 bits per heavy atom. The number of hydrogen-bond acceptors (Lipinski definition) is 4. The molecule has 1 aliphatic rings. The highest BCUT2D eigenvalue weighted by Crippen LogP contribution is 2.33. The Morgan fingerprint density at radius 3 is 2.64 bits per heavy atom. The van der Waals surface area contributed by atoms with Gasteiger partial charge in [-0.25, -0.2) is 0 Å². The minimum Gasteiger partial charge on any atom is -0.394 e. The van der Waals surface area contributed by atoms with Crippen LogP contribution in [0.4, 0.5) is 0 Å². The molecule has 0 aromatic rings. The van der Waals surface area contributed by atoms with Gasteiger partial charge in [0.05, 0.1) is 25.9 Å². The van der Waals surface area contributed by atoms with Crippen LogP contribution < -0.4 is 5.73 Å². The van der Waals surface area contributed by atoms with Crippen molar-refractivity contribution in [2.45, 2.75) is 31.9 Å². The molecule has 0 amide bonds. The minimum absolute atomic E-state index is 0.00376. The van der Waals surface area contributed by atoms with Crippen LogP contribution >= 0.6 is 0 Å². The van der Waals surface area contributed by atoms with Crippen molar-refractivity contribution < 1.29 is 14.6 Å². The molecular formula is C10H21NO3. The van der Waals surface area contributed by atoms with E-state index in [1.165, 1.54) is 12.8 Å². The van der Waals surface area contributed by atoms with Crippen LogP contribution in [0.25, 0.3) is 0 Å². The average Bonchev–Trinajstić information content (AvgIpc) is 3.00. The van der Waals surface area contributed by atoms with Crippen molar-refractivity contribution in [3.63, 3.8) is 0 Å². The molecule has 14 heavy (non-hydrogen) atoms. The molecule has 0 radical (unpaired) electrons. The van der Waals surface area contributed by atoms with Crippen molar-refractivity contribution >= 4 is 0 Å². The van der Waals surface area contributed by atoms with Crippen molar-refractivity contribution in [2.75, 3.05) is 26.4 Å². The fourth-order valence-corrected chi connectivity index (χ4v) is 1.47. The summed E-state index contributed by atoms with van der Waals surface area (Å²) in [5.74, 6) is 0.555. The standard InChI is InChI=1S/C10H21NO3/c1-2-13-5-6-14-9(7-12)10(11)8-3-4-8/h8-10,12H,2-7,11H2,1H3. The maximum Gasteiger partial charge on any atom is 0.0959 e. The minimum atomic E-state index is -0.219. The average molecular weight is 203 g/mol. The topological polar surface area (TPSA) is 64.7 Å². The fourth-order valence-electron chi connectivity index (χ4n) is 1.47. The summed E-state index contributed by atoms with van der Waals surface area (Å²) in [5, 5.41) is 9.08. The second-order valence-corrected chi connectivity index (χ2v) is 3.70. The second kappa shape index (κ2) is 6.35. The van der Waals surface area contributed by atoms with Crippen LogP contribution in [0.2, 0.25) is 0 Å². The van der Waals surface area contributed by atoms with Gasteiger partial charge in [0.15, 0.2) is 0 Å². The van der Waals surface area contributed by atoms with Gasteiger partial charge in [-0.15, -0.1) is 0 Å². The number of ether oxygens (including phenoxy) is 2. The van der Waals surface area contributed by atoms with Gasteiger partial charge in [0.2, 0.25) is 0 Å². The molecule has 4 heteroatoms. The lowest BCUT2D eigenvalue weighted by Gasteiger charge is -2.22. The number of hydrogen-bond donors (Lipinski definition) is 2. The van der Waals surface area contributed by atoms with E-state index in [0.29, 0.717) is 25.7 Å². The Kier molecular flexibility index (Phi) is 5.40. The highest BCUT2D eigenvalue weighted by atomic mass is 16.5. The molecule has 1 saturated carbocycles. The molecule has 0 heterocycles. The molecule has 1 fully saturated rings. The van der Waals surface area contributed by atoms with Gasteiger partial charge >= 0.3 is 0 Å². The molecule has 84 valence electrons. The fraction of sp³-hybridized carbons (Fsp3) is 1.00. The molecule has 1 rings (SSSR count). The quantitative estimate of drug-likeness (QED) is 0.551. The van der Waals surface area contributed by atoms with Crippen LogP contribution in [-0.4, -0.2) is 43.7 Å². The van der Waals surface area contributed by atoms with E-state index < -0.39 is 0 Å². The van der Waals surface area contributed by atoms with Crippen LogP contribution in [-0.2, 0) is 9.47 Å². The number of rotatable bonds is 8. The van der Waals surface area contributed by atoms with E-state index in [1.807, 2.05) is 6.92 Å². The Hall–Kier alpha value is -0.160. The second-order valence-electron chi connectivity index (χ2n) is 3.70. The van der Waals surface area contributed by atoms with Gasteiger partial charge in [0.1, 0.15) is 0 Å². The predicted molar refractivity (Wildman–Crippen MR) is 54.0 cm³/mol. The molecule has 2 unspecified atom stereocenters. The van der Waals surface area contributed by atoms with Crippen LogP contribution in [0, 0.1) is 5.92 Å². The SMILES string of the molecule is CCOCCOC(CO)C(N)C1CC1. The normalized spacial score (nSPS) is 20.8. The predicted octanol–water partition coefficient (Wildman–Crippen LogP) is 0.138. The van der Waals surface area contributed by atoms with E-state index in [-0.39, 0.29) is 18.8 Å². The summed E-state index contributed by atoms with van der Waals surface area (Å²) < 4.78 is 10.6. The molecular weight excluding hydrogens is 182 g/mol. The number of nitrogens with two attached hydrogens (primary N) is 1. The molecule has 2 atom stereocenters. The first-order valence-corrected chi connectivity index (χ1v) is 5.35. The molecule has 0 aromatic carbocycles. The Morgan fingerprint density at radius 2 is 2.14 bits per heavy atom. The van der Waals surface area contributed by atoms with Gasteiger partial charge in [-0.3, -0.25) is 0 Å². The van der Waals surface area contributed by atoms with Crippen molar-refractivity contribution in [2.24, 2.45) is 11.7 Å². The molecule has 1 aliphatic carbocycles. The molecule has 3 N–H and O–H groups in total. The highest BCUT2D eigenvalue weighted by Gasteiger charge is 2.34. The maximum absolute atomic E-state index is 9.08. The largest absolute Gasteiger partial charge is 0.394 e. The lowest BCUT2D eigenvalue weighted by molar-refractivity contribution is -0.0316. The maximum atomic E-state index is 9.08. The Labute approximate surface area is 85.4 Å². The zero-order chi connectivity index (χ0) is 10.4. The van der Waals surface area contributed by atoms with E-state index in [9.17, 15) is 0 Å². The van der Waals surface area contributed by atoms with E-state index in [2.05, 4.69) is 0 Å². The summed E-state index contributed by atoms with van der Waals surface area (Å²) in [6.07, 6.45) is 2.13. The summed E-state index contributed by atoms with van der Waals surface area (Å²) in [5.41, 5.74) is 5.92. The molecule has 0 aliphatic heterocycles. The van der Waals surface area contributed by atoms with E-state index in [0.717, 1.165) is 0 Å². The van der Waals surface area contributed by atoms with Gasteiger partial charge in [-0.2, -0.15) is 0 Å². The zero-order valence-electron chi connectivity index (χ0n) is 8.82. The van der Waals surface area contributed by atoms with E-state index in [1.54, 1.807) is 0 Å². The lowest BCUT2D eigenvalue weighted by atomic mass is 10.1. The van der Waals surface area contributed by atoms with Crippen molar-refractivity contribution in [1.82, 2.24) is 0 Å². The van der Waals surface area contributed by atoms with Gasteiger partial charge in [-0.1, -0.05) is 0 Å². The molecule has 0 bridgehead atoms. The number of aliphatic hydroxyl groups excluding tert-OH is 1. The third-order valence-electron chi connectivity index (χ3n) is 2.54. The first-order chi connectivity index (χ1) is 6.79. The van der Waals surface area contributed by atoms with Gasteiger partial charge in [-0.05, 0) is 25.7 Å². The monoisotopic (exact) mass is 203 g/mol. The van der Waals surface area contributed by atoms with Crippen molar-refractivity contribution in [3.05, 3.63) is 0 Å². The first-order valence-electron chi connectivity index (χ1n) is 5.35. The summed E-state index contributed by atoms with van der Waals surface area (Å²) in [7, 11) is 0. The first kappa shape index (κ1) is 11.9. The molecule has 0 aromatic heterocycles. The smallest absolute Gasteiger partial charge is 0.0959 e. The van der Waals surface area contributed by atoms with Gasteiger partial charge in [0, 0.05) is 12.6 Å². The summed E-state index contributed by atoms with van der Waals surface area (Å²) in [4.78, 5) is 0. The lowest BCUT2D eigenvalue weighted by Crippen LogP contribution is -2.41. The van der Waals surface area contributed by atoms with Crippen LogP contribution in [0.1, 0.15) is 19.8 Å². The van der Waals surface area contributed by atoms with Crippen molar-refractivity contribution in [3.8, 4) is 0 Å². The van der Waals surface area contributed by atoms with Crippen LogP contribution in [0.15, 0.2) is 0 Å². The molecule has 4 nitrogen and oxygen atoms in total. The summed E-state index contributed by atoms with van der Waals surface area (Å²) >= 11 is 0. The van der Waals surface area contributed by atoms with Crippen molar-refractivity contribution in [1.29, 1.82) is 0 Å². The molecule has 0 spiro atoms. The Bertz CT molecular complexity index is 150. The third-order valence-corrected chi connectivity index (χ3v) is 2.54. The molecule has 0 saturated heterocycles. The van der Waals surface area contributed by atoms with Gasteiger partial charge in [0.25, 0.3) is 0 Å². The highest BCUT2D eigenvalue weighted by molar-refractivity contribution is 4.89. The zero-order valence-corrected chi connectivity index (χ0v) is 8.82. The van der Waals surface area contributed by atoms with E-state index in [4.69, 9.17) is 20.3 Å². The van der Waals surface area contributed by atoms with Crippen LogP contribution in [0.3, 0.4) is 0 Å². The van der Waals surface area contributed by atoms with Crippen LogP contribution in [0.5, 0.6) is 0 Å². The summed E-state index contributed by atoms with van der Waals surface area (Å²) in [6.45, 7) is 3.73. The van der Waals surface area contributed by atoms with E-state index >= 15 is 0 Å². The number of aliphatic hydroxyl groups is 1.